The highest BCUT2D eigenvalue weighted by Gasteiger charge is 2.24. The van der Waals surface area contributed by atoms with Gasteiger partial charge in [-0.15, -0.1) is 4.72 Å². The Morgan fingerprint density at radius 1 is 0.964 bits per heavy atom. The van der Waals surface area contributed by atoms with Crippen LogP contribution in [0, 0.1) is 11.6 Å². The fourth-order valence-electron chi connectivity index (χ4n) is 2.71. The molecule has 0 amide bonds. The number of benzene rings is 2. The van der Waals surface area contributed by atoms with E-state index < -0.39 is 23.0 Å². The van der Waals surface area contributed by atoms with Gasteiger partial charge in [-0.3, -0.25) is 0 Å². The molecule has 0 fully saturated rings. The number of anilines is 1. The molecule has 1 heterocycles. The first-order chi connectivity index (χ1) is 13.2. The van der Waals surface area contributed by atoms with Gasteiger partial charge < -0.3 is 10.3 Å². The van der Waals surface area contributed by atoms with Crippen molar-refractivity contribution in [1.82, 2.24) is 9.71 Å². The summed E-state index contributed by atoms with van der Waals surface area (Å²) < 4.78 is 44.2. The van der Waals surface area contributed by atoms with Crippen molar-refractivity contribution in [3.05, 3.63) is 66.4 Å². The van der Waals surface area contributed by atoms with Crippen LogP contribution in [0.4, 0.5) is 14.6 Å². The Hall–Kier alpha value is -2.48. The molecule has 3 aromatic rings. The number of pyridine rings is 1. The van der Waals surface area contributed by atoms with Crippen LogP contribution < -0.4 is 10.5 Å². The molecule has 0 aliphatic carbocycles. The molecule has 1 aromatic heterocycles. The van der Waals surface area contributed by atoms with E-state index in [-0.39, 0.29) is 16.9 Å². The summed E-state index contributed by atoms with van der Waals surface area (Å²) in [5, 5.41) is 0. The van der Waals surface area contributed by atoms with Crippen LogP contribution in [0.2, 0.25) is 0 Å². The summed E-state index contributed by atoms with van der Waals surface area (Å²) in [6.07, 6.45) is 1.33. The van der Waals surface area contributed by atoms with E-state index in [1.807, 2.05) is 20.8 Å². The SMILES string of the molecule is CC(C)(C)N[S+]([O-])c1ccccc1-c1ccc(-c2cnc(N)c(F)c2)c(F)c1. The van der Waals surface area contributed by atoms with Gasteiger partial charge in [-0.1, -0.05) is 24.3 Å². The zero-order valence-electron chi connectivity index (χ0n) is 15.8. The Bertz CT molecular complexity index is 1010. The lowest BCUT2D eigenvalue weighted by Gasteiger charge is -2.23. The van der Waals surface area contributed by atoms with E-state index in [0.29, 0.717) is 21.6 Å². The fourth-order valence-corrected chi connectivity index (χ4v) is 3.97. The number of rotatable bonds is 4. The van der Waals surface area contributed by atoms with Crippen molar-refractivity contribution in [1.29, 1.82) is 0 Å². The van der Waals surface area contributed by atoms with Gasteiger partial charge in [0.25, 0.3) is 0 Å². The molecule has 4 nitrogen and oxygen atoms in total. The predicted octanol–water partition coefficient (Wildman–Crippen LogP) is 4.69. The standard InChI is InChI=1S/C21H21F2N3OS/c1-21(2,3)26-28(27)19-7-5-4-6-16(19)13-8-9-15(17(22)10-13)14-11-18(23)20(24)25-12-14/h4-12,26H,1-3H3,(H2,24,25). The summed E-state index contributed by atoms with van der Waals surface area (Å²) in [5.74, 6) is -1.47. The molecule has 3 rings (SSSR count). The Morgan fingerprint density at radius 2 is 1.64 bits per heavy atom. The van der Waals surface area contributed by atoms with Crippen LogP contribution in [-0.2, 0) is 11.4 Å². The van der Waals surface area contributed by atoms with E-state index in [1.165, 1.54) is 12.3 Å². The minimum Gasteiger partial charge on any atom is -0.593 e. The minimum absolute atomic E-state index is 0.210. The topological polar surface area (TPSA) is 74.0 Å². The van der Waals surface area contributed by atoms with Crippen molar-refractivity contribution in [2.75, 3.05) is 5.73 Å². The van der Waals surface area contributed by atoms with Crippen molar-refractivity contribution in [2.24, 2.45) is 0 Å². The molecule has 2 aromatic carbocycles. The molecule has 0 spiro atoms. The van der Waals surface area contributed by atoms with Crippen molar-refractivity contribution in [3.63, 3.8) is 0 Å². The van der Waals surface area contributed by atoms with Crippen LogP contribution in [0.15, 0.2) is 59.6 Å². The molecule has 0 aliphatic heterocycles. The largest absolute Gasteiger partial charge is 0.593 e. The lowest BCUT2D eigenvalue weighted by atomic mass is 10.0. The monoisotopic (exact) mass is 401 g/mol. The number of halogens is 2. The Kier molecular flexibility index (Phi) is 5.69. The second-order valence-corrected chi connectivity index (χ2v) is 8.58. The molecule has 3 N–H and O–H groups in total. The van der Waals surface area contributed by atoms with Crippen LogP contribution in [-0.4, -0.2) is 15.1 Å². The molecule has 1 unspecified atom stereocenters. The van der Waals surface area contributed by atoms with Crippen LogP contribution in [0.5, 0.6) is 0 Å². The van der Waals surface area contributed by atoms with Crippen molar-refractivity contribution >= 4 is 17.2 Å². The number of hydrogen-bond donors (Lipinski definition) is 2. The maximum absolute atomic E-state index is 14.8. The maximum Gasteiger partial charge on any atom is 0.181 e. The molecule has 28 heavy (non-hydrogen) atoms. The first-order valence-electron chi connectivity index (χ1n) is 8.65. The van der Waals surface area contributed by atoms with Crippen LogP contribution in [0.3, 0.4) is 0 Å². The molecule has 7 heteroatoms. The van der Waals surface area contributed by atoms with Gasteiger partial charge in [-0.05, 0) is 50.6 Å². The first-order valence-corrected chi connectivity index (χ1v) is 9.80. The quantitative estimate of drug-likeness (QED) is 0.622. The van der Waals surface area contributed by atoms with Gasteiger partial charge in [-0.2, -0.15) is 0 Å². The Labute approximate surface area is 166 Å². The second kappa shape index (κ2) is 7.87. The summed E-state index contributed by atoms with van der Waals surface area (Å²) in [6.45, 7) is 5.76. The van der Waals surface area contributed by atoms with Crippen molar-refractivity contribution in [3.8, 4) is 22.3 Å². The third kappa shape index (κ3) is 4.49. The first kappa shape index (κ1) is 20.3. The van der Waals surface area contributed by atoms with E-state index in [0.717, 1.165) is 6.07 Å². The predicted molar refractivity (Wildman–Crippen MR) is 109 cm³/mol. The third-order valence-electron chi connectivity index (χ3n) is 3.95. The average molecular weight is 401 g/mol. The highest BCUT2D eigenvalue weighted by molar-refractivity contribution is 7.89. The Balaban J connectivity index is 2.00. The molecule has 0 aliphatic rings. The normalized spacial score (nSPS) is 12.8. The van der Waals surface area contributed by atoms with E-state index in [4.69, 9.17) is 5.73 Å². The molecular formula is C21H21F2N3OS. The summed E-state index contributed by atoms with van der Waals surface area (Å²) in [4.78, 5) is 4.30. The number of aromatic nitrogens is 1. The van der Waals surface area contributed by atoms with E-state index in [9.17, 15) is 13.3 Å². The van der Waals surface area contributed by atoms with E-state index in [1.54, 1.807) is 36.4 Å². The second-order valence-electron chi connectivity index (χ2n) is 7.40. The van der Waals surface area contributed by atoms with Crippen molar-refractivity contribution in [2.45, 2.75) is 31.2 Å². The highest BCUT2D eigenvalue weighted by atomic mass is 32.2. The summed E-state index contributed by atoms with van der Waals surface area (Å²) >= 11 is -1.46. The van der Waals surface area contributed by atoms with Gasteiger partial charge >= 0.3 is 0 Å². The summed E-state index contributed by atoms with van der Waals surface area (Å²) in [6, 6.07) is 12.9. The molecule has 0 saturated carbocycles. The number of nitrogens with one attached hydrogen (secondary N) is 1. The fraction of sp³-hybridized carbons (Fsp3) is 0.190. The molecular weight excluding hydrogens is 380 g/mol. The van der Waals surface area contributed by atoms with Crippen LogP contribution in [0.25, 0.3) is 22.3 Å². The minimum atomic E-state index is -1.46. The molecule has 0 bridgehead atoms. The zero-order valence-corrected chi connectivity index (χ0v) is 16.6. The number of nitrogens with zero attached hydrogens (tertiary/aromatic N) is 1. The van der Waals surface area contributed by atoms with Gasteiger partial charge in [0, 0.05) is 22.9 Å². The van der Waals surface area contributed by atoms with Gasteiger partial charge in [-0.25, -0.2) is 13.8 Å². The zero-order chi connectivity index (χ0) is 20.5. The van der Waals surface area contributed by atoms with Gasteiger partial charge in [0.1, 0.15) is 5.82 Å². The van der Waals surface area contributed by atoms with Crippen molar-refractivity contribution < 1.29 is 13.3 Å². The molecule has 0 saturated heterocycles. The Morgan fingerprint density at radius 3 is 2.29 bits per heavy atom. The lowest BCUT2D eigenvalue weighted by Crippen LogP contribution is -2.40. The lowest BCUT2D eigenvalue weighted by molar-refractivity contribution is 0.491. The smallest absolute Gasteiger partial charge is 0.181 e. The summed E-state index contributed by atoms with van der Waals surface area (Å²) in [5.41, 5.74) is 6.77. The van der Waals surface area contributed by atoms with Gasteiger partial charge in [0.2, 0.25) is 0 Å². The number of nitrogen functional groups attached to an aromatic ring is 1. The third-order valence-corrected chi connectivity index (χ3v) is 5.50. The maximum atomic E-state index is 14.8. The number of nitrogens with two attached hydrogens (primary N) is 1. The van der Waals surface area contributed by atoms with E-state index >= 15 is 0 Å². The highest BCUT2D eigenvalue weighted by Crippen LogP contribution is 2.32. The van der Waals surface area contributed by atoms with Crippen LogP contribution >= 0.6 is 0 Å². The van der Waals surface area contributed by atoms with E-state index in [2.05, 4.69) is 9.71 Å². The number of hydrogen-bond acceptors (Lipinski definition) is 4. The molecule has 146 valence electrons. The molecule has 1 atom stereocenters. The average Bonchev–Trinajstić information content (AvgIpc) is 2.62. The molecule has 0 radical (unpaired) electrons. The summed E-state index contributed by atoms with van der Waals surface area (Å²) in [7, 11) is 0. The van der Waals surface area contributed by atoms with Crippen LogP contribution in [0.1, 0.15) is 20.8 Å². The van der Waals surface area contributed by atoms with Gasteiger partial charge in [0.05, 0.1) is 16.9 Å². The van der Waals surface area contributed by atoms with Gasteiger partial charge in [0.15, 0.2) is 16.5 Å².